The Hall–Kier alpha value is -3.80. The Bertz CT molecular complexity index is 1600. The number of nitrogen functional groups attached to an aromatic ring is 1. The number of fused-ring (bicyclic) bond motifs is 5. The summed E-state index contributed by atoms with van der Waals surface area (Å²) in [5.41, 5.74) is 10.9. The molecule has 0 amide bonds. The van der Waals surface area contributed by atoms with Crippen LogP contribution in [0.25, 0.3) is 38.7 Å². The maximum atomic E-state index is 13.1. The molecule has 1 aliphatic heterocycles. The Morgan fingerprint density at radius 3 is 2.64 bits per heavy atom. The summed E-state index contributed by atoms with van der Waals surface area (Å²) in [4.78, 5) is 20.4. The lowest BCUT2D eigenvalue weighted by Crippen LogP contribution is -2.28. The van der Waals surface area contributed by atoms with Crippen molar-refractivity contribution in [2.24, 2.45) is 11.8 Å². The van der Waals surface area contributed by atoms with E-state index in [0.717, 1.165) is 63.8 Å². The van der Waals surface area contributed by atoms with Crippen molar-refractivity contribution in [1.29, 1.82) is 0 Å². The molecule has 1 aliphatic carbocycles. The summed E-state index contributed by atoms with van der Waals surface area (Å²) < 4.78 is 7.90. The van der Waals surface area contributed by atoms with Crippen molar-refractivity contribution in [1.82, 2.24) is 9.38 Å². The van der Waals surface area contributed by atoms with Crippen LogP contribution in [0.2, 0.25) is 0 Å². The fraction of sp³-hybridized carbons (Fsp3) is 0.259. The molecule has 1 saturated carbocycles. The van der Waals surface area contributed by atoms with Gasteiger partial charge in [0.25, 0.3) is 5.56 Å². The van der Waals surface area contributed by atoms with Gasteiger partial charge in [-0.3, -0.25) is 9.20 Å². The van der Waals surface area contributed by atoms with E-state index < -0.39 is 0 Å². The highest BCUT2D eigenvalue weighted by molar-refractivity contribution is 6.15. The fourth-order valence-corrected chi connectivity index (χ4v) is 5.55. The lowest BCUT2D eigenvalue weighted by Gasteiger charge is -2.22. The number of hydrogen-bond donors (Lipinski definition) is 1. The SMILES string of the molecule is Nc1ccc(-c2cccn3c(=O)cc(N4CCC5CC5CC4)nc23)c2oc3ccccc3c12. The topological polar surface area (TPSA) is 76.8 Å². The van der Waals surface area contributed by atoms with Crippen LogP contribution in [0, 0.1) is 11.8 Å². The number of para-hydroxylation sites is 1. The van der Waals surface area contributed by atoms with E-state index in [1.54, 1.807) is 16.7 Å². The predicted octanol–water partition coefficient (Wildman–Crippen LogP) is 5.08. The monoisotopic (exact) mass is 436 g/mol. The molecule has 7 rings (SSSR count). The number of aromatic nitrogens is 2. The van der Waals surface area contributed by atoms with E-state index >= 15 is 0 Å². The molecule has 164 valence electrons. The third kappa shape index (κ3) is 2.86. The maximum absolute atomic E-state index is 13.1. The molecule has 2 unspecified atom stereocenters. The van der Waals surface area contributed by atoms with Gasteiger partial charge in [-0.25, -0.2) is 4.98 Å². The van der Waals surface area contributed by atoms with Gasteiger partial charge in [0, 0.05) is 47.6 Å². The largest absolute Gasteiger partial charge is 0.455 e. The van der Waals surface area contributed by atoms with Gasteiger partial charge in [-0.15, -0.1) is 0 Å². The van der Waals surface area contributed by atoms with Crippen LogP contribution in [0.15, 0.2) is 70.0 Å². The summed E-state index contributed by atoms with van der Waals surface area (Å²) in [6.45, 7) is 1.92. The molecule has 0 spiro atoms. The van der Waals surface area contributed by atoms with Gasteiger partial charge in [0.15, 0.2) is 0 Å². The minimum atomic E-state index is -0.0671. The Morgan fingerprint density at radius 1 is 0.970 bits per heavy atom. The molecule has 2 fully saturated rings. The zero-order valence-corrected chi connectivity index (χ0v) is 18.2. The number of nitrogens with zero attached hydrogens (tertiary/aromatic N) is 3. The quantitative estimate of drug-likeness (QED) is 0.391. The number of nitrogens with two attached hydrogens (primary N) is 1. The Labute approximate surface area is 190 Å². The van der Waals surface area contributed by atoms with Crippen LogP contribution in [0.1, 0.15) is 19.3 Å². The Morgan fingerprint density at radius 2 is 1.79 bits per heavy atom. The van der Waals surface area contributed by atoms with E-state index in [1.165, 1.54) is 19.3 Å². The summed E-state index contributed by atoms with van der Waals surface area (Å²) in [5, 5.41) is 1.89. The van der Waals surface area contributed by atoms with Gasteiger partial charge in [-0.2, -0.15) is 0 Å². The lowest BCUT2D eigenvalue weighted by molar-refractivity contribution is 0.670. The van der Waals surface area contributed by atoms with Gasteiger partial charge in [0.1, 0.15) is 22.6 Å². The summed E-state index contributed by atoms with van der Waals surface area (Å²) in [5.74, 6) is 2.50. The smallest absolute Gasteiger partial charge is 0.259 e. The van der Waals surface area contributed by atoms with E-state index in [1.807, 2.05) is 48.5 Å². The van der Waals surface area contributed by atoms with Crippen LogP contribution in [-0.2, 0) is 0 Å². The summed E-state index contributed by atoms with van der Waals surface area (Å²) in [6.07, 6.45) is 5.52. The molecule has 6 heteroatoms. The fourth-order valence-electron chi connectivity index (χ4n) is 5.55. The predicted molar refractivity (Wildman–Crippen MR) is 132 cm³/mol. The molecule has 2 aliphatic rings. The van der Waals surface area contributed by atoms with Gasteiger partial charge < -0.3 is 15.1 Å². The van der Waals surface area contributed by atoms with Crippen molar-refractivity contribution in [3.8, 4) is 11.1 Å². The third-order valence-electron chi connectivity index (χ3n) is 7.46. The number of pyridine rings is 1. The molecule has 0 radical (unpaired) electrons. The minimum Gasteiger partial charge on any atom is -0.455 e. The van der Waals surface area contributed by atoms with Crippen LogP contribution in [-0.4, -0.2) is 22.5 Å². The molecule has 3 aromatic heterocycles. The number of furan rings is 1. The van der Waals surface area contributed by atoms with Crippen LogP contribution in [0.5, 0.6) is 0 Å². The third-order valence-corrected chi connectivity index (χ3v) is 7.46. The van der Waals surface area contributed by atoms with E-state index in [0.29, 0.717) is 11.3 Å². The highest BCUT2D eigenvalue weighted by atomic mass is 16.3. The van der Waals surface area contributed by atoms with E-state index in [2.05, 4.69) is 4.90 Å². The molecule has 2 aromatic carbocycles. The van der Waals surface area contributed by atoms with E-state index in [-0.39, 0.29) is 5.56 Å². The molecule has 6 nitrogen and oxygen atoms in total. The maximum Gasteiger partial charge on any atom is 0.259 e. The number of benzene rings is 2. The van der Waals surface area contributed by atoms with E-state index in [9.17, 15) is 4.79 Å². The summed E-state index contributed by atoms with van der Waals surface area (Å²) in [7, 11) is 0. The van der Waals surface area contributed by atoms with Gasteiger partial charge in [-0.05, 0) is 61.4 Å². The van der Waals surface area contributed by atoms with E-state index in [4.69, 9.17) is 15.1 Å². The van der Waals surface area contributed by atoms with Gasteiger partial charge in [-0.1, -0.05) is 18.2 Å². The second-order valence-electron chi connectivity index (χ2n) is 9.39. The van der Waals surface area contributed by atoms with Gasteiger partial charge >= 0.3 is 0 Å². The first kappa shape index (κ1) is 18.7. The first-order valence-corrected chi connectivity index (χ1v) is 11.6. The average Bonchev–Trinajstić information content (AvgIpc) is 3.50. The van der Waals surface area contributed by atoms with Crippen LogP contribution < -0.4 is 16.2 Å². The average molecular weight is 437 g/mol. The number of hydrogen-bond acceptors (Lipinski definition) is 5. The molecule has 33 heavy (non-hydrogen) atoms. The number of rotatable bonds is 2. The number of anilines is 2. The molecule has 5 aromatic rings. The van der Waals surface area contributed by atoms with Crippen molar-refractivity contribution in [2.45, 2.75) is 19.3 Å². The first-order chi connectivity index (χ1) is 16.2. The standard InChI is InChI=1S/C27H24N4O2/c28-21-8-7-18(26-25(21)20-4-1-2-6-22(20)33-26)19-5-3-11-31-24(32)15-23(29-27(19)31)30-12-9-16-14-17(16)10-13-30/h1-8,11,15-17H,9-10,12-14,28H2. The highest BCUT2D eigenvalue weighted by Crippen LogP contribution is 2.46. The van der Waals surface area contributed by atoms with Crippen LogP contribution >= 0.6 is 0 Å². The van der Waals surface area contributed by atoms with Crippen LogP contribution in [0.3, 0.4) is 0 Å². The molecular formula is C27H24N4O2. The van der Waals surface area contributed by atoms with Gasteiger partial charge in [0.05, 0.1) is 5.39 Å². The first-order valence-electron chi connectivity index (χ1n) is 11.6. The van der Waals surface area contributed by atoms with Crippen LogP contribution in [0.4, 0.5) is 11.5 Å². The minimum absolute atomic E-state index is 0.0671. The molecule has 2 N–H and O–H groups in total. The van der Waals surface area contributed by atoms with Gasteiger partial charge in [0.2, 0.25) is 0 Å². The van der Waals surface area contributed by atoms with Crippen molar-refractivity contribution in [2.75, 3.05) is 23.7 Å². The van der Waals surface area contributed by atoms with Crippen molar-refractivity contribution in [3.05, 3.63) is 71.1 Å². The normalized spacial score (nSPS) is 20.3. The van der Waals surface area contributed by atoms with Crippen molar-refractivity contribution < 1.29 is 4.42 Å². The zero-order chi connectivity index (χ0) is 22.1. The molecule has 1 saturated heterocycles. The molecular weight excluding hydrogens is 412 g/mol. The molecule has 0 bridgehead atoms. The molecule has 4 heterocycles. The van der Waals surface area contributed by atoms with Crippen molar-refractivity contribution in [3.63, 3.8) is 0 Å². The Kier molecular flexibility index (Phi) is 3.89. The van der Waals surface area contributed by atoms with Crippen molar-refractivity contribution >= 4 is 39.1 Å². The Balaban J connectivity index is 1.45. The summed E-state index contributed by atoms with van der Waals surface area (Å²) >= 11 is 0. The highest BCUT2D eigenvalue weighted by Gasteiger charge is 2.38. The lowest BCUT2D eigenvalue weighted by atomic mass is 10.0. The second-order valence-corrected chi connectivity index (χ2v) is 9.39. The second kappa shape index (κ2) is 6.85. The summed E-state index contributed by atoms with van der Waals surface area (Å²) in [6, 6.07) is 17.3. The molecule has 2 atom stereocenters. The zero-order valence-electron chi connectivity index (χ0n) is 18.2.